The van der Waals surface area contributed by atoms with E-state index in [9.17, 15) is 15.0 Å². The fourth-order valence-electron chi connectivity index (χ4n) is 5.25. The molecule has 14 heteroatoms. The van der Waals surface area contributed by atoms with E-state index in [1.165, 1.54) is 31.4 Å². The van der Waals surface area contributed by atoms with Gasteiger partial charge in [0, 0.05) is 7.11 Å². The summed E-state index contributed by atoms with van der Waals surface area (Å²) in [6.07, 6.45) is -2.00. The Morgan fingerprint density at radius 2 is 1.71 bits per heavy atom. The largest absolute Gasteiger partial charge is 0.493 e. The second-order valence-electron chi connectivity index (χ2n) is 10.6. The van der Waals surface area contributed by atoms with Crippen LogP contribution in [0, 0.1) is 0 Å². The van der Waals surface area contributed by atoms with Gasteiger partial charge < -0.3 is 44.0 Å². The van der Waals surface area contributed by atoms with Crippen LogP contribution in [-0.4, -0.2) is 89.1 Å². The van der Waals surface area contributed by atoms with Crippen molar-refractivity contribution in [3.63, 3.8) is 0 Å². The molecule has 0 bridgehead atoms. The van der Waals surface area contributed by atoms with E-state index in [1.54, 1.807) is 45.4 Å². The van der Waals surface area contributed by atoms with Crippen LogP contribution in [0.1, 0.15) is 37.2 Å². The number of esters is 1. The molecule has 3 N–H and O–H groups in total. The lowest BCUT2D eigenvalue weighted by Crippen LogP contribution is -2.40. The second-order valence-corrected chi connectivity index (χ2v) is 10.6. The molecule has 240 valence electrons. The van der Waals surface area contributed by atoms with Crippen LogP contribution in [0.5, 0.6) is 17.2 Å². The van der Waals surface area contributed by atoms with Crippen LogP contribution < -0.4 is 19.5 Å². The smallest absolute Gasteiger partial charge is 0.342 e. The molecule has 1 fully saturated rings. The van der Waals surface area contributed by atoms with Crippen LogP contribution in [0.2, 0.25) is 0 Å². The lowest BCUT2D eigenvalue weighted by Gasteiger charge is -2.27. The Bertz CT molecular complexity index is 1610. The molecule has 3 heterocycles. The van der Waals surface area contributed by atoms with Crippen molar-refractivity contribution in [2.24, 2.45) is 0 Å². The van der Waals surface area contributed by atoms with E-state index in [1.807, 2.05) is 25.1 Å². The molecule has 0 saturated carbocycles. The molecule has 4 aromatic rings. The summed E-state index contributed by atoms with van der Waals surface area (Å²) in [4.78, 5) is 26.3. The summed E-state index contributed by atoms with van der Waals surface area (Å²) >= 11 is 0. The van der Waals surface area contributed by atoms with Gasteiger partial charge >= 0.3 is 5.97 Å². The molecule has 1 saturated heterocycles. The van der Waals surface area contributed by atoms with Gasteiger partial charge in [0.1, 0.15) is 31.2 Å². The molecule has 0 spiro atoms. The maximum absolute atomic E-state index is 13.1. The average Bonchev–Trinajstić information content (AvgIpc) is 3.63. The first kappa shape index (κ1) is 31.9. The van der Waals surface area contributed by atoms with Gasteiger partial charge in [0.2, 0.25) is 5.75 Å². The van der Waals surface area contributed by atoms with Crippen LogP contribution in [-0.2, 0) is 24.6 Å². The van der Waals surface area contributed by atoms with Crippen molar-refractivity contribution in [3.05, 3.63) is 66.2 Å². The van der Waals surface area contributed by atoms with Crippen molar-refractivity contribution in [2.45, 2.75) is 50.0 Å². The number of aromatic nitrogens is 4. The van der Waals surface area contributed by atoms with Gasteiger partial charge in [-0.2, -0.15) is 0 Å². The van der Waals surface area contributed by atoms with Crippen molar-refractivity contribution >= 4 is 23.0 Å². The molecule has 0 aliphatic carbocycles. The molecular weight excluding hydrogens is 586 g/mol. The van der Waals surface area contributed by atoms with E-state index in [0.717, 1.165) is 5.56 Å². The van der Waals surface area contributed by atoms with E-state index in [-0.39, 0.29) is 12.6 Å². The summed E-state index contributed by atoms with van der Waals surface area (Å²) in [5, 5.41) is 25.1. The van der Waals surface area contributed by atoms with Crippen molar-refractivity contribution in [3.8, 4) is 17.2 Å². The number of carbonyl (C=O) groups excluding carboxylic acids is 1. The van der Waals surface area contributed by atoms with Gasteiger partial charge in [-0.05, 0) is 37.1 Å². The van der Waals surface area contributed by atoms with E-state index in [0.29, 0.717) is 39.8 Å². The number of benzene rings is 2. The molecular formula is C31H37N5O9. The SMILES string of the molecule is COc1cc(C(C)Nc2ncnc3c2ncn3[C@@H]2O[C@H](COC(=O)C(C)(OC)c3ccccc3)[C@@H](O)[C@H]2O)cc(OC)c1OC. The third-order valence-corrected chi connectivity index (χ3v) is 8.01. The number of hydrogen-bond acceptors (Lipinski definition) is 13. The molecule has 14 nitrogen and oxygen atoms in total. The highest BCUT2D eigenvalue weighted by molar-refractivity contribution is 5.83. The summed E-state index contributed by atoms with van der Waals surface area (Å²) < 4.78 is 34.9. The Kier molecular flexibility index (Phi) is 9.39. The zero-order valence-electron chi connectivity index (χ0n) is 25.8. The Balaban J connectivity index is 1.32. The summed E-state index contributed by atoms with van der Waals surface area (Å²) in [5.41, 5.74) is 0.841. The standard InChI is InChI=1S/C31H37N5O9/c1-17(18-12-20(40-3)26(42-5)21(13-18)41-4)35-27-23-28(33-15-32-27)36(16-34-23)29-25(38)24(37)22(45-29)14-44-30(39)31(2,43-6)19-10-8-7-9-11-19/h7-13,15-17,22,24-25,29,37-38H,14H2,1-6H3,(H,32,33,35)/t17?,22-,24-,25-,29-,31?/m1/s1. The van der Waals surface area contributed by atoms with Crippen LogP contribution >= 0.6 is 0 Å². The average molecular weight is 624 g/mol. The van der Waals surface area contributed by atoms with E-state index in [4.69, 9.17) is 28.4 Å². The van der Waals surface area contributed by atoms with Gasteiger partial charge in [-0.15, -0.1) is 0 Å². The van der Waals surface area contributed by atoms with Crippen LogP contribution in [0.4, 0.5) is 5.82 Å². The van der Waals surface area contributed by atoms with Gasteiger partial charge in [-0.1, -0.05) is 30.3 Å². The number of rotatable bonds is 12. The zero-order valence-corrected chi connectivity index (χ0v) is 25.8. The molecule has 1 aliphatic heterocycles. The summed E-state index contributed by atoms with van der Waals surface area (Å²) in [6.45, 7) is 3.21. The van der Waals surface area contributed by atoms with E-state index >= 15 is 0 Å². The minimum atomic E-state index is -1.37. The topological polar surface area (TPSA) is 169 Å². The Morgan fingerprint density at radius 3 is 2.33 bits per heavy atom. The maximum Gasteiger partial charge on any atom is 0.342 e. The number of aliphatic hydroxyl groups is 2. The first-order valence-electron chi connectivity index (χ1n) is 14.2. The van der Waals surface area contributed by atoms with Gasteiger partial charge in [-0.3, -0.25) is 4.57 Å². The predicted molar refractivity (Wildman–Crippen MR) is 161 cm³/mol. The van der Waals surface area contributed by atoms with Crippen molar-refractivity contribution in [1.29, 1.82) is 0 Å². The molecule has 0 amide bonds. The molecule has 1 aliphatic rings. The molecule has 6 atom stereocenters. The minimum Gasteiger partial charge on any atom is -0.493 e. The van der Waals surface area contributed by atoms with Gasteiger partial charge in [-0.25, -0.2) is 19.7 Å². The fraction of sp³-hybridized carbons (Fsp3) is 0.419. The molecule has 2 unspecified atom stereocenters. The summed E-state index contributed by atoms with van der Waals surface area (Å²) in [7, 11) is 6.05. The number of imidazole rings is 1. The van der Waals surface area contributed by atoms with Gasteiger partial charge in [0.05, 0.1) is 33.7 Å². The molecule has 2 aromatic carbocycles. The Hall–Kier alpha value is -4.50. The molecule has 0 radical (unpaired) electrons. The van der Waals surface area contributed by atoms with Crippen LogP contribution in [0.3, 0.4) is 0 Å². The lowest BCUT2D eigenvalue weighted by atomic mass is 9.96. The van der Waals surface area contributed by atoms with Crippen LogP contribution in [0.15, 0.2) is 55.1 Å². The third kappa shape index (κ3) is 5.96. The van der Waals surface area contributed by atoms with Crippen molar-refractivity contribution in [1.82, 2.24) is 19.5 Å². The number of aliphatic hydroxyl groups excluding tert-OH is 2. The number of hydrogen-bond donors (Lipinski definition) is 3. The van der Waals surface area contributed by atoms with E-state index < -0.39 is 36.1 Å². The van der Waals surface area contributed by atoms with Gasteiger partial charge in [0.15, 0.2) is 40.3 Å². The highest BCUT2D eigenvalue weighted by atomic mass is 16.6. The molecule has 5 rings (SSSR count). The zero-order chi connectivity index (χ0) is 32.3. The predicted octanol–water partition coefficient (Wildman–Crippen LogP) is 2.75. The van der Waals surface area contributed by atoms with E-state index in [2.05, 4.69) is 20.3 Å². The number of anilines is 1. The number of nitrogens with one attached hydrogen (secondary N) is 1. The number of ether oxygens (including phenoxy) is 6. The summed E-state index contributed by atoms with van der Waals surface area (Å²) in [6, 6.07) is 12.3. The number of fused-ring (bicyclic) bond motifs is 1. The first-order valence-corrected chi connectivity index (χ1v) is 14.2. The number of nitrogens with zero attached hydrogens (tertiary/aromatic N) is 4. The lowest BCUT2D eigenvalue weighted by molar-refractivity contribution is -0.174. The maximum atomic E-state index is 13.1. The minimum absolute atomic E-state index is 0.273. The van der Waals surface area contributed by atoms with Gasteiger partial charge in [0.25, 0.3) is 0 Å². The monoisotopic (exact) mass is 623 g/mol. The second kappa shape index (κ2) is 13.2. The normalized spacial score (nSPS) is 21.6. The third-order valence-electron chi connectivity index (χ3n) is 8.01. The van der Waals surface area contributed by atoms with Crippen LogP contribution in [0.25, 0.3) is 11.2 Å². The number of carbonyl (C=O) groups is 1. The van der Waals surface area contributed by atoms with Crippen molar-refractivity contribution < 1.29 is 43.4 Å². The summed E-state index contributed by atoms with van der Waals surface area (Å²) in [5.74, 6) is 1.26. The van der Waals surface area contributed by atoms with Crippen molar-refractivity contribution in [2.75, 3.05) is 40.4 Å². The highest BCUT2D eigenvalue weighted by Gasteiger charge is 2.46. The molecule has 2 aromatic heterocycles. The molecule has 45 heavy (non-hydrogen) atoms. The Morgan fingerprint density at radius 1 is 1.02 bits per heavy atom. The first-order chi connectivity index (χ1) is 21.7. The highest BCUT2D eigenvalue weighted by Crippen LogP contribution is 2.40. The quantitative estimate of drug-likeness (QED) is 0.197. The Labute approximate surface area is 259 Å². The number of methoxy groups -OCH3 is 4. The fourth-order valence-corrected chi connectivity index (χ4v) is 5.25.